The highest BCUT2D eigenvalue weighted by Gasteiger charge is 2.24. The van der Waals surface area contributed by atoms with Crippen LogP contribution in [0.4, 0.5) is 0 Å². The van der Waals surface area contributed by atoms with Gasteiger partial charge in [-0.25, -0.2) is 4.98 Å². The molecule has 0 atom stereocenters. The number of hydrogen-bond acceptors (Lipinski definition) is 6. The largest absolute Gasteiger partial charge is 0.489 e. The summed E-state index contributed by atoms with van der Waals surface area (Å²) in [4.78, 5) is 30.7. The summed E-state index contributed by atoms with van der Waals surface area (Å²) >= 11 is 1.30. The molecule has 0 saturated heterocycles. The van der Waals surface area contributed by atoms with Crippen molar-refractivity contribution < 1.29 is 14.3 Å². The number of carbonyl (C=O) groups is 1. The van der Waals surface area contributed by atoms with Crippen LogP contribution in [0.1, 0.15) is 23.0 Å². The monoisotopic (exact) mass is 454 g/mol. The summed E-state index contributed by atoms with van der Waals surface area (Å²) in [5, 5.41) is 4.32. The number of imidazole rings is 1. The Morgan fingerprint density at radius 2 is 2.09 bits per heavy atom. The van der Waals surface area contributed by atoms with E-state index in [9.17, 15) is 9.59 Å². The number of carbonyl (C=O) groups excluding carboxylic acids is 1. The standard InChI is InChI=1S/C23H26N4O4S/c1-3-30-13-14-31-19-18-20(16-7-4-5-8-17(16)26(2)23(18)29)32-21(19)22(28)25-9-6-11-27-12-10-24-15-27/h4-5,7-8,10,12,15H,3,6,9,11,13-14H2,1-2H3,(H,25,28). The molecule has 1 N–H and O–H groups in total. The third-order valence-corrected chi connectivity index (χ3v) is 6.42. The number of amides is 1. The maximum atomic E-state index is 13.2. The van der Waals surface area contributed by atoms with E-state index in [1.165, 1.54) is 11.3 Å². The highest BCUT2D eigenvalue weighted by molar-refractivity contribution is 7.22. The highest BCUT2D eigenvalue weighted by Crippen LogP contribution is 2.39. The first-order chi connectivity index (χ1) is 15.6. The molecule has 1 aromatic carbocycles. The second-order valence-corrected chi connectivity index (χ2v) is 8.32. The molecule has 0 saturated carbocycles. The quantitative estimate of drug-likeness (QED) is 0.372. The van der Waals surface area contributed by atoms with Crippen LogP contribution in [0.25, 0.3) is 21.0 Å². The Morgan fingerprint density at radius 3 is 2.88 bits per heavy atom. The SMILES string of the molecule is CCOCCOc1c(C(=O)NCCCn2ccnc2)sc2c1c(=O)n(C)c1ccccc21. The number of aryl methyl sites for hydroxylation is 2. The summed E-state index contributed by atoms with van der Waals surface area (Å²) in [7, 11) is 1.74. The first kappa shape index (κ1) is 22.0. The molecule has 0 radical (unpaired) electrons. The molecule has 4 rings (SSSR count). The number of pyridine rings is 1. The molecular weight excluding hydrogens is 428 g/mol. The number of nitrogens with zero attached hydrogens (tertiary/aromatic N) is 3. The number of hydrogen-bond donors (Lipinski definition) is 1. The molecule has 0 aliphatic rings. The average molecular weight is 455 g/mol. The summed E-state index contributed by atoms with van der Waals surface area (Å²) < 4.78 is 15.7. The third kappa shape index (κ3) is 4.39. The van der Waals surface area contributed by atoms with E-state index in [1.54, 1.807) is 24.1 Å². The number of nitrogens with one attached hydrogen (secondary N) is 1. The van der Waals surface area contributed by atoms with Crippen LogP contribution in [-0.4, -0.2) is 46.4 Å². The van der Waals surface area contributed by atoms with Gasteiger partial charge in [-0.2, -0.15) is 0 Å². The predicted octanol–water partition coefficient (Wildman–Crippen LogP) is 3.19. The highest BCUT2D eigenvalue weighted by atomic mass is 32.1. The van der Waals surface area contributed by atoms with Gasteiger partial charge in [0.1, 0.15) is 16.9 Å². The predicted molar refractivity (Wildman–Crippen MR) is 126 cm³/mol. The lowest BCUT2D eigenvalue weighted by Gasteiger charge is -2.10. The Morgan fingerprint density at radius 1 is 1.25 bits per heavy atom. The van der Waals surface area contributed by atoms with Gasteiger partial charge < -0.3 is 23.9 Å². The van der Waals surface area contributed by atoms with Crippen molar-refractivity contribution in [1.29, 1.82) is 0 Å². The number of aromatic nitrogens is 3. The fourth-order valence-corrected chi connectivity index (χ4v) is 4.82. The first-order valence-corrected chi connectivity index (χ1v) is 11.4. The summed E-state index contributed by atoms with van der Waals surface area (Å²) in [5.41, 5.74) is 0.639. The Hall–Kier alpha value is -3.17. The zero-order valence-electron chi connectivity index (χ0n) is 18.2. The van der Waals surface area contributed by atoms with Crippen molar-refractivity contribution in [3.63, 3.8) is 0 Å². The number of para-hydroxylation sites is 1. The van der Waals surface area contributed by atoms with Gasteiger partial charge in [0, 0.05) is 44.5 Å². The molecule has 8 nitrogen and oxygen atoms in total. The summed E-state index contributed by atoms with van der Waals surface area (Å²) in [6, 6.07) is 7.69. The van der Waals surface area contributed by atoms with E-state index in [1.807, 2.05) is 42.0 Å². The first-order valence-electron chi connectivity index (χ1n) is 10.6. The van der Waals surface area contributed by atoms with E-state index in [0.717, 1.165) is 28.6 Å². The number of ether oxygens (including phenoxy) is 2. The van der Waals surface area contributed by atoms with Gasteiger partial charge in [-0.15, -0.1) is 11.3 Å². The molecule has 0 bridgehead atoms. The van der Waals surface area contributed by atoms with E-state index in [4.69, 9.17) is 9.47 Å². The van der Waals surface area contributed by atoms with Crippen LogP contribution < -0.4 is 15.6 Å². The van der Waals surface area contributed by atoms with Crippen molar-refractivity contribution in [2.75, 3.05) is 26.4 Å². The molecule has 3 aromatic heterocycles. The number of rotatable bonds is 10. The number of thiophene rings is 1. The van der Waals surface area contributed by atoms with Crippen LogP contribution in [0.3, 0.4) is 0 Å². The molecule has 168 valence electrons. The van der Waals surface area contributed by atoms with Gasteiger partial charge in [0.05, 0.1) is 23.2 Å². The van der Waals surface area contributed by atoms with Crippen molar-refractivity contribution in [2.45, 2.75) is 19.9 Å². The van der Waals surface area contributed by atoms with E-state index >= 15 is 0 Å². The molecule has 3 heterocycles. The lowest BCUT2D eigenvalue weighted by atomic mass is 10.1. The fourth-order valence-electron chi connectivity index (χ4n) is 3.63. The van der Waals surface area contributed by atoms with Crippen LogP contribution in [0, 0.1) is 0 Å². The molecule has 0 unspecified atom stereocenters. The van der Waals surface area contributed by atoms with Gasteiger partial charge in [-0.05, 0) is 19.4 Å². The van der Waals surface area contributed by atoms with Gasteiger partial charge in [0.2, 0.25) is 0 Å². The van der Waals surface area contributed by atoms with Crippen molar-refractivity contribution in [1.82, 2.24) is 19.4 Å². The van der Waals surface area contributed by atoms with E-state index in [0.29, 0.717) is 35.8 Å². The fraction of sp³-hybridized carbons (Fsp3) is 0.348. The Balaban J connectivity index is 1.66. The second kappa shape index (κ2) is 9.97. The van der Waals surface area contributed by atoms with Gasteiger partial charge in [0.15, 0.2) is 5.75 Å². The van der Waals surface area contributed by atoms with E-state index in [2.05, 4.69) is 10.3 Å². The lowest BCUT2D eigenvalue weighted by Crippen LogP contribution is -2.25. The van der Waals surface area contributed by atoms with Crippen LogP contribution in [-0.2, 0) is 18.3 Å². The topological polar surface area (TPSA) is 87.4 Å². The molecule has 0 aliphatic heterocycles. The Kier molecular flexibility index (Phi) is 6.87. The smallest absolute Gasteiger partial charge is 0.265 e. The maximum Gasteiger partial charge on any atom is 0.265 e. The van der Waals surface area contributed by atoms with Crippen LogP contribution in [0.15, 0.2) is 47.8 Å². The van der Waals surface area contributed by atoms with Gasteiger partial charge in [-0.1, -0.05) is 18.2 Å². The van der Waals surface area contributed by atoms with Crippen molar-refractivity contribution in [2.24, 2.45) is 7.05 Å². The molecule has 1 amide bonds. The molecule has 0 fully saturated rings. The van der Waals surface area contributed by atoms with E-state index < -0.39 is 0 Å². The molecule has 9 heteroatoms. The number of fused-ring (bicyclic) bond motifs is 3. The molecule has 0 spiro atoms. The van der Waals surface area contributed by atoms with Crippen molar-refractivity contribution in [3.8, 4) is 5.75 Å². The minimum atomic E-state index is -0.241. The zero-order valence-corrected chi connectivity index (χ0v) is 19.0. The van der Waals surface area contributed by atoms with Gasteiger partial charge in [0.25, 0.3) is 11.5 Å². The molecule has 0 aliphatic carbocycles. The second-order valence-electron chi connectivity index (χ2n) is 7.30. The summed E-state index contributed by atoms with van der Waals surface area (Å²) in [6.45, 7) is 4.39. The van der Waals surface area contributed by atoms with Crippen molar-refractivity contribution in [3.05, 3.63) is 58.2 Å². The minimum Gasteiger partial charge on any atom is -0.489 e. The maximum absolute atomic E-state index is 13.2. The molecular formula is C23H26N4O4S. The zero-order chi connectivity index (χ0) is 22.5. The Labute approximate surface area is 189 Å². The van der Waals surface area contributed by atoms with Crippen LogP contribution >= 0.6 is 11.3 Å². The average Bonchev–Trinajstić information content (AvgIpc) is 3.46. The summed E-state index contributed by atoms with van der Waals surface area (Å²) in [5.74, 6) is 0.0949. The van der Waals surface area contributed by atoms with Gasteiger partial charge >= 0.3 is 0 Å². The van der Waals surface area contributed by atoms with Crippen molar-refractivity contribution >= 4 is 38.2 Å². The molecule has 32 heavy (non-hydrogen) atoms. The minimum absolute atomic E-state index is 0.180. The van der Waals surface area contributed by atoms with E-state index in [-0.39, 0.29) is 18.1 Å². The van der Waals surface area contributed by atoms with Crippen LogP contribution in [0.2, 0.25) is 0 Å². The molecule has 4 aromatic rings. The third-order valence-electron chi connectivity index (χ3n) is 5.22. The normalized spacial score (nSPS) is 11.3. The number of benzene rings is 1. The lowest BCUT2D eigenvalue weighted by molar-refractivity contribution is 0.0942. The van der Waals surface area contributed by atoms with Crippen LogP contribution in [0.5, 0.6) is 5.75 Å². The summed E-state index contributed by atoms with van der Waals surface area (Å²) in [6.07, 6.45) is 6.13. The van der Waals surface area contributed by atoms with Gasteiger partial charge in [-0.3, -0.25) is 9.59 Å². The Bertz CT molecular complexity index is 1280.